The van der Waals surface area contributed by atoms with Crippen molar-refractivity contribution in [1.29, 1.82) is 0 Å². The van der Waals surface area contributed by atoms with E-state index in [0.717, 1.165) is 5.70 Å². The minimum Gasteiger partial charge on any atom is -0.385 e. The molecule has 1 saturated heterocycles. The highest BCUT2D eigenvalue weighted by atomic mass is 32.2. The summed E-state index contributed by atoms with van der Waals surface area (Å²) in [5.74, 6) is -2.40. The number of fused-ring (bicyclic) bond motifs is 2. The van der Waals surface area contributed by atoms with E-state index in [-0.39, 0.29) is 55.1 Å². The Morgan fingerprint density at radius 2 is 1.43 bits per heavy atom. The monoisotopic (exact) mass is 910 g/mol. The molecule has 3 heterocycles. The number of carbonyl (C=O) groups excluding carboxylic acids is 3. The van der Waals surface area contributed by atoms with Crippen molar-refractivity contribution < 1.29 is 72.2 Å². The van der Waals surface area contributed by atoms with E-state index in [1.54, 1.807) is 18.2 Å². The first kappa shape index (κ1) is 47.7. The summed E-state index contributed by atoms with van der Waals surface area (Å²) in [6.07, 6.45) is 7.35. The first-order valence-electron chi connectivity index (χ1n) is 19.6. The molecular weight excluding hydrogens is 859 g/mol. The van der Waals surface area contributed by atoms with Gasteiger partial charge in [-0.25, -0.2) is 4.79 Å². The van der Waals surface area contributed by atoms with Crippen molar-refractivity contribution in [1.82, 2.24) is 5.06 Å². The number of carbonyl (C=O) groups is 3. The molecule has 18 nitrogen and oxygen atoms in total. The van der Waals surface area contributed by atoms with Crippen LogP contribution in [0.25, 0.3) is 0 Å². The van der Waals surface area contributed by atoms with Crippen LogP contribution in [0.5, 0.6) is 0 Å². The number of hydrogen-bond acceptors (Lipinski definition) is 13. The molecular formula is C40H52N3O15S3+. The zero-order chi connectivity index (χ0) is 45.0. The Kier molecular flexibility index (Phi) is 14.8. The van der Waals surface area contributed by atoms with Crippen LogP contribution in [0.3, 0.4) is 0 Å². The van der Waals surface area contributed by atoms with Gasteiger partial charge >= 0.3 is 5.97 Å². The van der Waals surface area contributed by atoms with E-state index < -0.39 is 64.7 Å². The number of hydroxylamine groups is 2. The third-order valence-corrected chi connectivity index (χ3v) is 13.9. The molecule has 3 aliphatic heterocycles. The molecule has 0 radical (unpaired) electrons. The number of hydrogen-bond donors (Lipinski definition) is 3. The number of methoxy groups -OCH3 is 2. The summed E-state index contributed by atoms with van der Waals surface area (Å²) >= 11 is 0. The lowest BCUT2D eigenvalue weighted by atomic mass is 9.75. The average Bonchev–Trinajstić information content (AvgIpc) is 3.71. The number of ether oxygens (including phenoxy) is 2. The van der Waals surface area contributed by atoms with Gasteiger partial charge in [0.25, 0.3) is 42.2 Å². The fourth-order valence-corrected chi connectivity index (χ4v) is 9.76. The van der Waals surface area contributed by atoms with E-state index in [2.05, 4.69) is 0 Å². The molecule has 2 aromatic carbocycles. The molecule has 3 aliphatic rings. The zero-order valence-corrected chi connectivity index (χ0v) is 36.9. The Bertz CT molecular complexity index is 2470. The number of nitrogens with zero attached hydrogens (tertiary/aromatic N) is 3. The van der Waals surface area contributed by atoms with Crippen LogP contribution in [0.1, 0.15) is 82.8 Å². The van der Waals surface area contributed by atoms with E-state index in [0.29, 0.717) is 72.0 Å². The summed E-state index contributed by atoms with van der Waals surface area (Å²) in [5.41, 5.74) is 1.84. The van der Waals surface area contributed by atoms with Gasteiger partial charge in [-0.3, -0.25) is 23.2 Å². The van der Waals surface area contributed by atoms with Crippen molar-refractivity contribution in [2.45, 2.75) is 92.3 Å². The van der Waals surface area contributed by atoms with E-state index in [1.165, 1.54) is 38.5 Å². The average molecular weight is 911 g/mol. The summed E-state index contributed by atoms with van der Waals surface area (Å²) in [7, 11) is -10.5. The molecule has 0 aliphatic carbocycles. The van der Waals surface area contributed by atoms with Crippen LogP contribution in [0.2, 0.25) is 0 Å². The van der Waals surface area contributed by atoms with E-state index in [9.17, 15) is 53.3 Å². The number of rotatable bonds is 21. The van der Waals surface area contributed by atoms with E-state index >= 15 is 0 Å². The van der Waals surface area contributed by atoms with Gasteiger partial charge in [-0.1, -0.05) is 12.5 Å². The molecule has 334 valence electrons. The van der Waals surface area contributed by atoms with Gasteiger partial charge in [0.2, 0.25) is 5.69 Å². The van der Waals surface area contributed by atoms with Gasteiger partial charge in [0, 0.05) is 81.1 Å². The van der Waals surface area contributed by atoms with Crippen molar-refractivity contribution in [2.75, 3.05) is 51.2 Å². The zero-order valence-electron chi connectivity index (χ0n) is 34.4. The molecule has 21 heteroatoms. The summed E-state index contributed by atoms with van der Waals surface area (Å²) in [6.45, 7) is 4.96. The van der Waals surface area contributed by atoms with Crippen LogP contribution in [0.15, 0.2) is 70.1 Å². The highest BCUT2D eigenvalue weighted by Crippen LogP contribution is 2.51. The lowest BCUT2D eigenvalue weighted by Gasteiger charge is -2.30. The van der Waals surface area contributed by atoms with Gasteiger partial charge in [0.15, 0.2) is 12.3 Å². The lowest BCUT2D eigenvalue weighted by Crippen LogP contribution is -2.33. The molecule has 2 aromatic rings. The summed E-state index contributed by atoms with van der Waals surface area (Å²) in [6, 6.07) is 8.54. The van der Waals surface area contributed by atoms with Crippen molar-refractivity contribution >= 4 is 65.2 Å². The van der Waals surface area contributed by atoms with Gasteiger partial charge in [-0.15, -0.1) is 5.06 Å². The summed E-state index contributed by atoms with van der Waals surface area (Å²) in [4.78, 5) is 42.6. The Balaban J connectivity index is 1.54. The molecule has 0 spiro atoms. The number of unbranched alkanes of at least 4 members (excludes halogenated alkanes) is 2. The second-order valence-electron chi connectivity index (χ2n) is 15.6. The topological polar surface area (TPSA) is 251 Å². The van der Waals surface area contributed by atoms with Crippen LogP contribution in [-0.4, -0.2) is 118 Å². The Labute approximate surface area is 356 Å². The van der Waals surface area contributed by atoms with Gasteiger partial charge < -0.3 is 19.2 Å². The second kappa shape index (κ2) is 19.0. The SMILES string of the molecule is COCC[N+]1=C(C=CC=C2N(CCCCCC(=O)ON3C(=O)CCC3=O)c3ccc(S(=O)(=O)O)cc3C2(C)CCOC)C(C)(CCCS(=O)(=O)O)c2cc(S(=O)(=O)O)ccc21. The maximum Gasteiger partial charge on any atom is 0.333 e. The quantitative estimate of drug-likeness (QED) is 0.0684. The van der Waals surface area contributed by atoms with Gasteiger partial charge in [0.1, 0.15) is 6.61 Å². The normalized spacial score (nSPS) is 21.3. The lowest BCUT2D eigenvalue weighted by molar-refractivity contribution is -0.441. The van der Waals surface area contributed by atoms with Gasteiger partial charge in [0.05, 0.1) is 21.0 Å². The smallest absolute Gasteiger partial charge is 0.333 e. The second-order valence-corrected chi connectivity index (χ2v) is 20.0. The predicted octanol–water partition coefficient (Wildman–Crippen LogP) is 4.27. The Morgan fingerprint density at radius 1 is 0.803 bits per heavy atom. The highest BCUT2D eigenvalue weighted by molar-refractivity contribution is 7.86. The van der Waals surface area contributed by atoms with E-state index in [4.69, 9.17) is 14.3 Å². The summed E-state index contributed by atoms with van der Waals surface area (Å²) in [5, 5.41) is 0.508. The molecule has 1 fully saturated rings. The largest absolute Gasteiger partial charge is 0.385 e. The first-order chi connectivity index (χ1) is 28.5. The maximum absolute atomic E-state index is 12.4. The van der Waals surface area contributed by atoms with Crippen LogP contribution in [0, 0.1) is 0 Å². The fourth-order valence-electron chi connectivity index (χ4n) is 8.24. The number of allylic oxidation sites excluding steroid dienone is 4. The first-order valence-corrected chi connectivity index (χ1v) is 24.1. The van der Waals surface area contributed by atoms with E-state index in [1.807, 2.05) is 35.5 Å². The standard InChI is InChI=1S/C40H51N3O15S3/c1-39(19-9-25-59(47,48)49)30-26-28(60(50,51)52)14-16-33(30)42(22-24-57-4)34(39)10-8-11-35-40(2,20-23-56-3)31-27-29(61(53,54)55)13-15-32(31)41(35)21-7-5-6-12-38(46)58-43-36(44)17-18-37(43)45/h8,10-11,13-16,26-27H,5-7,9,12,17-25H2,1-4H3,(H2-,47,48,49,50,51,52,53,54,55)/p+1. The van der Waals surface area contributed by atoms with Crippen molar-refractivity contribution in [3.63, 3.8) is 0 Å². The van der Waals surface area contributed by atoms with Crippen LogP contribution in [-0.2, 0) is 69.9 Å². The Hall–Kier alpha value is -4.35. The van der Waals surface area contributed by atoms with Crippen LogP contribution in [0.4, 0.5) is 11.4 Å². The van der Waals surface area contributed by atoms with Gasteiger partial charge in [-0.2, -0.15) is 29.8 Å². The molecule has 5 rings (SSSR count). The molecule has 2 atom stereocenters. The number of benzene rings is 2. The number of imide groups is 1. The minimum absolute atomic E-state index is 0.00191. The highest BCUT2D eigenvalue weighted by Gasteiger charge is 2.48. The number of amides is 2. The minimum atomic E-state index is -4.62. The van der Waals surface area contributed by atoms with Crippen molar-refractivity contribution in [3.05, 3.63) is 71.5 Å². The third-order valence-electron chi connectivity index (χ3n) is 11.4. The number of anilines is 1. The molecule has 0 bridgehead atoms. The summed E-state index contributed by atoms with van der Waals surface area (Å²) < 4.78 is 115. The molecule has 2 unspecified atom stereocenters. The van der Waals surface area contributed by atoms with Crippen molar-refractivity contribution in [2.24, 2.45) is 0 Å². The van der Waals surface area contributed by atoms with Gasteiger partial charge in [-0.05, 0) is 87.9 Å². The molecule has 0 aromatic heterocycles. The fraction of sp³-hybridized carbons (Fsp3) is 0.500. The molecule has 0 saturated carbocycles. The van der Waals surface area contributed by atoms with Crippen LogP contribution >= 0.6 is 0 Å². The predicted molar refractivity (Wildman–Crippen MR) is 221 cm³/mol. The molecule has 61 heavy (non-hydrogen) atoms. The Morgan fingerprint density at radius 3 is 2.03 bits per heavy atom. The van der Waals surface area contributed by atoms with Crippen LogP contribution < -0.4 is 4.90 Å². The van der Waals surface area contributed by atoms with Crippen molar-refractivity contribution in [3.8, 4) is 0 Å². The molecule has 2 amide bonds. The maximum atomic E-state index is 12.4. The third kappa shape index (κ3) is 10.8. The molecule has 3 N–H and O–H groups in total.